The van der Waals surface area contributed by atoms with Crippen LogP contribution in [0.2, 0.25) is 0 Å². The minimum absolute atomic E-state index is 0.156. The molecule has 2 nitrogen and oxygen atoms in total. The second-order valence-corrected chi connectivity index (χ2v) is 4.27. The van der Waals surface area contributed by atoms with Crippen LogP contribution in [-0.4, -0.2) is 12.0 Å². The number of nitrogens with one attached hydrogen (secondary N) is 1. The molecule has 4 heteroatoms. The van der Waals surface area contributed by atoms with Gasteiger partial charge in [-0.1, -0.05) is 18.2 Å². The average molecular weight is 222 g/mol. The molecule has 0 atom stereocenters. The monoisotopic (exact) mass is 222 g/mol. The van der Waals surface area contributed by atoms with Gasteiger partial charge in [-0.2, -0.15) is 0 Å². The van der Waals surface area contributed by atoms with Crippen LogP contribution in [0.25, 0.3) is 0 Å². The van der Waals surface area contributed by atoms with E-state index in [0.29, 0.717) is 12.0 Å². The summed E-state index contributed by atoms with van der Waals surface area (Å²) in [7, 11) is 1.83. The fourth-order valence-corrected chi connectivity index (χ4v) is 2.12. The Labute approximate surface area is 91.8 Å². The van der Waals surface area contributed by atoms with E-state index in [2.05, 4.69) is 10.3 Å². The first-order chi connectivity index (χ1) is 7.29. The summed E-state index contributed by atoms with van der Waals surface area (Å²) >= 11 is 1.55. The van der Waals surface area contributed by atoms with Crippen molar-refractivity contribution in [1.29, 1.82) is 0 Å². The van der Waals surface area contributed by atoms with Crippen LogP contribution >= 0.6 is 11.3 Å². The van der Waals surface area contributed by atoms with Crippen LogP contribution in [0.5, 0.6) is 0 Å². The third-order valence-corrected chi connectivity index (χ3v) is 3.10. The van der Waals surface area contributed by atoms with Crippen molar-refractivity contribution in [3.63, 3.8) is 0 Å². The van der Waals surface area contributed by atoms with E-state index in [-0.39, 0.29) is 5.82 Å². The van der Waals surface area contributed by atoms with Gasteiger partial charge in [-0.05, 0) is 11.6 Å². The van der Waals surface area contributed by atoms with Crippen molar-refractivity contribution in [3.8, 4) is 0 Å². The molecule has 1 heterocycles. The molecule has 0 bridgehead atoms. The highest BCUT2D eigenvalue weighted by molar-refractivity contribution is 7.15. The van der Waals surface area contributed by atoms with Crippen molar-refractivity contribution in [2.24, 2.45) is 0 Å². The maximum Gasteiger partial charge on any atom is 0.182 e. The Morgan fingerprint density at radius 2 is 2.20 bits per heavy atom. The molecule has 0 aliphatic rings. The zero-order valence-electron chi connectivity index (χ0n) is 8.33. The van der Waals surface area contributed by atoms with Crippen molar-refractivity contribution in [2.45, 2.75) is 6.42 Å². The molecular weight excluding hydrogens is 211 g/mol. The summed E-state index contributed by atoms with van der Waals surface area (Å²) in [5.41, 5.74) is 0.712. The predicted octanol–water partition coefficient (Wildman–Crippen LogP) is 2.91. The molecule has 0 saturated carbocycles. The summed E-state index contributed by atoms with van der Waals surface area (Å²) in [6.45, 7) is 0. The van der Waals surface area contributed by atoms with Gasteiger partial charge in [0, 0.05) is 24.5 Å². The largest absolute Gasteiger partial charge is 0.365 e. The third-order valence-electron chi connectivity index (χ3n) is 2.09. The van der Waals surface area contributed by atoms with E-state index in [4.69, 9.17) is 0 Å². The smallest absolute Gasteiger partial charge is 0.182 e. The van der Waals surface area contributed by atoms with Crippen LogP contribution in [0.1, 0.15) is 10.4 Å². The van der Waals surface area contributed by atoms with Crippen LogP contribution in [0.15, 0.2) is 30.5 Å². The van der Waals surface area contributed by atoms with E-state index in [0.717, 1.165) is 10.0 Å². The van der Waals surface area contributed by atoms with Crippen molar-refractivity contribution < 1.29 is 4.39 Å². The predicted molar refractivity (Wildman–Crippen MR) is 60.9 cm³/mol. The lowest BCUT2D eigenvalue weighted by Gasteiger charge is -1.99. The van der Waals surface area contributed by atoms with Gasteiger partial charge in [-0.3, -0.25) is 0 Å². The van der Waals surface area contributed by atoms with Gasteiger partial charge in [-0.25, -0.2) is 9.37 Å². The fraction of sp³-hybridized carbons (Fsp3) is 0.182. The molecule has 1 aromatic heterocycles. The number of benzene rings is 1. The number of thiazole rings is 1. The molecule has 0 spiro atoms. The van der Waals surface area contributed by atoms with Gasteiger partial charge in [0.25, 0.3) is 0 Å². The SMILES string of the molecule is CNc1ncc(Cc2ccccc2F)s1. The molecule has 2 rings (SSSR count). The molecule has 0 unspecified atom stereocenters. The minimum atomic E-state index is -0.156. The summed E-state index contributed by atoms with van der Waals surface area (Å²) in [6, 6.07) is 6.83. The summed E-state index contributed by atoms with van der Waals surface area (Å²) in [6.07, 6.45) is 2.38. The summed E-state index contributed by atoms with van der Waals surface area (Å²) in [5.74, 6) is -0.156. The fourth-order valence-electron chi connectivity index (χ4n) is 1.33. The average Bonchev–Trinajstić information content (AvgIpc) is 2.69. The van der Waals surface area contributed by atoms with E-state index in [1.807, 2.05) is 13.1 Å². The Bertz CT molecular complexity index is 453. The van der Waals surface area contributed by atoms with E-state index in [9.17, 15) is 4.39 Å². The van der Waals surface area contributed by atoms with Gasteiger partial charge in [0.1, 0.15) is 5.82 Å². The van der Waals surface area contributed by atoms with Gasteiger partial charge in [0.15, 0.2) is 5.13 Å². The first kappa shape index (κ1) is 10.1. The molecule has 0 saturated heterocycles. The first-order valence-corrected chi connectivity index (χ1v) is 5.47. The van der Waals surface area contributed by atoms with Crippen LogP contribution in [0.3, 0.4) is 0 Å². The second-order valence-electron chi connectivity index (χ2n) is 3.15. The van der Waals surface area contributed by atoms with E-state index in [1.165, 1.54) is 6.07 Å². The molecule has 2 aromatic rings. The van der Waals surface area contributed by atoms with Gasteiger partial charge < -0.3 is 5.32 Å². The number of hydrogen-bond acceptors (Lipinski definition) is 3. The number of rotatable bonds is 3. The quantitative estimate of drug-likeness (QED) is 0.863. The lowest BCUT2D eigenvalue weighted by Crippen LogP contribution is -1.89. The maximum atomic E-state index is 13.3. The van der Waals surface area contributed by atoms with Crippen molar-refractivity contribution in [3.05, 3.63) is 46.7 Å². The number of nitrogens with zero attached hydrogens (tertiary/aromatic N) is 1. The number of hydrogen-bond donors (Lipinski definition) is 1. The maximum absolute atomic E-state index is 13.3. The van der Waals surface area contributed by atoms with Crippen LogP contribution in [0, 0.1) is 5.82 Å². The topological polar surface area (TPSA) is 24.9 Å². The Balaban J connectivity index is 2.18. The molecule has 1 aromatic carbocycles. The molecule has 0 amide bonds. The van der Waals surface area contributed by atoms with Gasteiger partial charge in [0.2, 0.25) is 0 Å². The Morgan fingerprint density at radius 1 is 1.40 bits per heavy atom. The van der Waals surface area contributed by atoms with E-state index in [1.54, 1.807) is 29.7 Å². The number of aromatic nitrogens is 1. The molecule has 0 aliphatic heterocycles. The number of halogens is 1. The Kier molecular flexibility index (Phi) is 2.97. The highest BCUT2D eigenvalue weighted by Gasteiger charge is 2.05. The van der Waals surface area contributed by atoms with E-state index < -0.39 is 0 Å². The molecule has 0 fully saturated rings. The zero-order valence-corrected chi connectivity index (χ0v) is 9.14. The molecule has 15 heavy (non-hydrogen) atoms. The summed E-state index contributed by atoms with van der Waals surface area (Å²) < 4.78 is 13.3. The zero-order chi connectivity index (χ0) is 10.7. The molecule has 1 N–H and O–H groups in total. The van der Waals surface area contributed by atoms with Crippen molar-refractivity contribution in [1.82, 2.24) is 4.98 Å². The second kappa shape index (κ2) is 4.40. The van der Waals surface area contributed by atoms with Gasteiger partial charge >= 0.3 is 0 Å². The van der Waals surface area contributed by atoms with Crippen LogP contribution in [-0.2, 0) is 6.42 Å². The molecular formula is C11H11FN2S. The molecule has 78 valence electrons. The first-order valence-electron chi connectivity index (χ1n) is 4.65. The van der Waals surface area contributed by atoms with Crippen LogP contribution in [0.4, 0.5) is 9.52 Å². The normalized spacial score (nSPS) is 10.3. The number of anilines is 1. The third kappa shape index (κ3) is 2.33. The minimum Gasteiger partial charge on any atom is -0.365 e. The lowest BCUT2D eigenvalue weighted by molar-refractivity contribution is 0.614. The van der Waals surface area contributed by atoms with Gasteiger partial charge in [-0.15, -0.1) is 11.3 Å². The molecule has 0 aliphatic carbocycles. The lowest BCUT2D eigenvalue weighted by atomic mass is 10.1. The Hall–Kier alpha value is -1.42. The summed E-state index contributed by atoms with van der Waals surface area (Å²) in [5, 5.41) is 3.82. The highest BCUT2D eigenvalue weighted by atomic mass is 32.1. The Morgan fingerprint density at radius 3 is 2.87 bits per heavy atom. The van der Waals surface area contributed by atoms with E-state index >= 15 is 0 Å². The van der Waals surface area contributed by atoms with Crippen molar-refractivity contribution >= 4 is 16.5 Å². The summed E-state index contributed by atoms with van der Waals surface area (Å²) in [4.78, 5) is 5.21. The van der Waals surface area contributed by atoms with Gasteiger partial charge in [0.05, 0.1) is 0 Å². The highest BCUT2D eigenvalue weighted by Crippen LogP contribution is 2.21. The van der Waals surface area contributed by atoms with Crippen molar-refractivity contribution in [2.75, 3.05) is 12.4 Å². The standard InChI is InChI=1S/C11H11FN2S/c1-13-11-14-7-9(15-11)6-8-4-2-3-5-10(8)12/h2-5,7H,6H2,1H3,(H,13,14). The molecule has 0 radical (unpaired) electrons. The van der Waals surface area contributed by atoms with Crippen LogP contribution < -0.4 is 5.32 Å².